The third-order valence-corrected chi connectivity index (χ3v) is 6.22. The van der Waals surface area contributed by atoms with Gasteiger partial charge in [0.05, 0.1) is 6.10 Å². The van der Waals surface area contributed by atoms with Gasteiger partial charge in [-0.3, -0.25) is 14.0 Å². The summed E-state index contributed by atoms with van der Waals surface area (Å²) in [6.07, 6.45) is 10.0. The maximum atomic E-state index is 12.9. The van der Waals surface area contributed by atoms with Crippen molar-refractivity contribution in [2.75, 3.05) is 13.2 Å². The maximum Gasteiger partial charge on any atom is 0.271 e. The van der Waals surface area contributed by atoms with Crippen LogP contribution in [0, 0.1) is 0 Å². The molecule has 7 heteroatoms. The largest absolute Gasteiger partial charge is 0.376 e. The number of fused-ring (bicyclic) bond motifs is 3. The first-order chi connectivity index (χ1) is 12.2. The van der Waals surface area contributed by atoms with Crippen molar-refractivity contribution in [2.45, 2.75) is 57.5 Å². The molecule has 4 rings (SSSR count). The predicted molar refractivity (Wildman–Crippen MR) is 96.5 cm³/mol. The molecule has 134 valence electrons. The second-order valence-electron chi connectivity index (χ2n) is 6.83. The average Bonchev–Trinajstić information content (AvgIpc) is 3.21. The summed E-state index contributed by atoms with van der Waals surface area (Å²) in [5.41, 5.74) is 0.942. The highest BCUT2D eigenvalue weighted by molar-refractivity contribution is 7.17. The monoisotopic (exact) mass is 361 g/mol. The minimum Gasteiger partial charge on any atom is -0.376 e. The summed E-state index contributed by atoms with van der Waals surface area (Å²) in [5.74, 6) is -0.354. The van der Waals surface area contributed by atoms with Gasteiger partial charge in [-0.1, -0.05) is 12.8 Å². The SMILES string of the molecule is O=C(NC[C@@H]1CCCO1)c1cnc2sc3c(n2c1=O)CCCCCC3. The zero-order valence-corrected chi connectivity index (χ0v) is 15.1. The van der Waals surface area contributed by atoms with E-state index >= 15 is 0 Å². The summed E-state index contributed by atoms with van der Waals surface area (Å²) in [6.45, 7) is 1.19. The van der Waals surface area contributed by atoms with Gasteiger partial charge in [-0.05, 0) is 38.5 Å². The Balaban J connectivity index is 1.63. The van der Waals surface area contributed by atoms with Crippen molar-refractivity contribution >= 4 is 22.2 Å². The maximum absolute atomic E-state index is 12.9. The van der Waals surface area contributed by atoms with E-state index in [9.17, 15) is 9.59 Å². The molecule has 0 radical (unpaired) electrons. The lowest BCUT2D eigenvalue weighted by atomic mass is 10.0. The minimum atomic E-state index is -0.354. The smallest absolute Gasteiger partial charge is 0.271 e. The molecule has 2 aliphatic rings. The highest BCUT2D eigenvalue weighted by atomic mass is 32.1. The van der Waals surface area contributed by atoms with E-state index in [0.29, 0.717) is 11.5 Å². The quantitative estimate of drug-likeness (QED) is 0.911. The number of ether oxygens (including phenoxy) is 1. The van der Waals surface area contributed by atoms with Gasteiger partial charge in [0.15, 0.2) is 4.96 Å². The number of carbonyl (C=O) groups is 1. The Labute approximate surface area is 150 Å². The second kappa shape index (κ2) is 7.25. The molecule has 1 N–H and O–H groups in total. The molecule has 2 aromatic heterocycles. The Morgan fingerprint density at radius 1 is 1.28 bits per heavy atom. The summed E-state index contributed by atoms with van der Waals surface area (Å²) in [5, 5.41) is 2.83. The van der Waals surface area contributed by atoms with Crippen molar-refractivity contribution in [3.63, 3.8) is 0 Å². The fourth-order valence-corrected chi connectivity index (χ4v) is 4.85. The van der Waals surface area contributed by atoms with Crippen LogP contribution >= 0.6 is 11.3 Å². The number of hydrogen-bond acceptors (Lipinski definition) is 5. The van der Waals surface area contributed by atoms with E-state index in [0.717, 1.165) is 50.8 Å². The highest BCUT2D eigenvalue weighted by Gasteiger charge is 2.22. The fraction of sp³-hybridized carbons (Fsp3) is 0.611. The Kier molecular flexibility index (Phi) is 4.85. The first kappa shape index (κ1) is 16.7. The molecule has 0 bridgehead atoms. The van der Waals surface area contributed by atoms with Gasteiger partial charge in [-0.2, -0.15) is 0 Å². The number of aromatic nitrogens is 2. The lowest BCUT2D eigenvalue weighted by Gasteiger charge is -2.11. The van der Waals surface area contributed by atoms with Gasteiger partial charge in [-0.15, -0.1) is 11.3 Å². The van der Waals surface area contributed by atoms with Gasteiger partial charge >= 0.3 is 0 Å². The Morgan fingerprint density at radius 3 is 2.92 bits per heavy atom. The van der Waals surface area contributed by atoms with Gasteiger partial charge in [-0.25, -0.2) is 4.98 Å². The van der Waals surface area contributed by atoms with E-state index < -0.39 is 0 Å². The number of carbonyl (C=O) groups excluding carboxylic acids is 1. The Bertz CT molecular complexity index is 836. The van der Waals surface area contributed by atoms with Gasteiger partial charge < -0.3 is 10.1 Å². The first-order valence-corrected chi connectivity index (χ1v) is 9.98. The number of amides is 1. The van der Waals surface area contributed by atoms with Crippen LogP contribution in [0.2, 0.25) is 0 Å². The van der Waals surface area contributed by atoms with E-state index in [2.05, 4.69) is 10.3 Å². The standard InChI is InChI=1S/C18H23N3O3S/c22-16(19-10-12-6-5-9-24-12)13-11-20-18-21(17(13)23)14-7-3-1-2-4-8-15(14)25-18/h11-12H,1-10H2,(H,19,22)/t12-/m0/s1. The van der Waals surface area contributed by atoms with Crippen molar-refractivity contribution in [1.29, 1.82) is 0 Å². The predicted octanol–water partition coefficient (Wildman–Crippen LogP) is 2.32. The molecule has 25 heavy (non-hydrogen) atoms. The van der Waals surface area contributed by atoms with Crippen LogP contribution in [0.25, 0.3) is 4.96 Å². The molecule has 6 nitrogen and oxygen atoms in total. The van der Waals surface area contributed by atoms with Crippen LogP contribution in [-0.4, -0.2) is 34.5 Å². The third-order valence-electron chi connectivity index (χ3n) is 5.06. The lowest BCUT2D eigenvalue weighted by molar-refractivity contribution is 0.0856. The molecule has 1 aliphatic heterocycles. The number of aryl methyl sites for hydroxylation is 2. The van der Waals surface area contributed by atoms with Gasteiger partial charge in [0, 0.05) is 29.9 Å². The van der Waals surface area contributed by atoms with Crippen LogP contribution in [0.15, 0.2) is 11.0 Å². The summed E-state index contributed by atoms with van der Waals surface area (Å²) in [7, 11) is 0. The highest BCUT2D eigenvalue weighted by Crippen LogP contribution is 2.27. The molecule has 0 spiro atoms. The summed E-state index contributed by atoms with van der Waals surface area (Å²) in [6, 6.07) is 0. The first-order valence-electron chi connectivity index (χ1n) is 9.16. The van der Waals surface area contributed by atoms with Crippen LogP contribution in [0.4, 0.5) is 0 Å². The van der Waals surface area contributed by atoms with E-state index in [-0.39, 0.29) is 23.1 Å². The lowest BCUT2D eigenvalue weighted by Crippen LogP contribution is -2.36. The van der Waals surface area contributed by atoms with Crippen molar-refractivity contribution in [3.8, 4) is 0 Å². The van der Waals surface area contributed by atoms with Crippen molar-refractivity contribution in [3.05, 3.63) is 32.7 Å². The van der Waals surface area contributed by atoms with Crippen molar-refractivity contribution < 1.29 is 9.53 Å². The van der Waals surface area contributed by atoms with Crippen molar-refractivity contribution in [1.82, 2.24) is 14.7 Å². The number of thiazole rings is 1. The van der Waals surface area contributed by atoms with Crippen LogP contribution in [-0.2, 0) is 17.6 Å². The molecule has 1 amide bonds. The van der Waals surface area contributed by atoms with Crippen LogP contribution in [0.5, 0.6) is 0 Å². The average molecular weight is 361 g/mol. The third kappa shape index (κ3) is 3.35. The number of nitrogens with zero attached hydrogens (tertiary/aromatic N) is 2. The minimum absolute atomic E-state index is 0.0598. The molecule has 0 unspecified atom stereocenters. The Hall–Kier alpha value is -1.73. The number of rotatable bonds is 3. The van der Waals surface area contributed by atoms with Crippen LogP contribution < -0.4 is 10.9 Å². The van der Waals surface area contributed by atoms with Crippen molar-refractivity contribution in [2.24, 2.45) is 0 Å². The number of hydrogen-bond donors (Lipinski definition) is 1. The molecular formula is C18H23N3O3S. The molecule has 1 saturated heterocycles. The normalized spacial score (nSPS) is 20.9. The fourth-order valence-electron chi connectivity index (χ4n) is 3.68. The Morgan fingerprint density at radius 2 is 2.12 bits per heavy atom. The molecule has 2 aromatic rings. The summed E-state index contributed by atoms with van der Waals surface area (Å²) >= 11 is 1.59. The molecule has 0 aromatic carbocycles. The molecular weight excluding hydrogens is 338 g/mol. The molecule has 1 atom stereocenters. The summed E-state index contributed by atoms with van der Waals surface area (Å²) < 4.78 is 7.19. The van der Waals surface area contributed by atoms with E-state index in [1.807, 2.05) is 0 Å². The topological polar surface area (TPSA) is 72.7 Å². The molecule has 0 saturated carbocycles. The zero-order valence-electron chi connectivity index (χ0n) is 14.3. The van der Waals surface area contributed by atoms with Gasteiger partial charge in [0.1, 0.15) is 5.56 Å². The van der Waals surface area contributed by atoms with Gasteiger partial charge in [0.25, 0.3) is 11.5 Å². The second-order valence-corrected chi connectivity index (χ2v) is 7.89. The van der Waals surface area contributed by atoms with E-state index in [4.69, 9.17) is 4.74 Å². The molecule has 3 heterocycles. The van der Waals surface area contributed by atoms with E-state index in [1.54, 1.807) is 15.7 Å². The van der Waals surface area contributed by atoms with Crippen LogP contribution in [0.1, 0.15) is 59.5 Å². The van der Waals surface area contributed by atoms with E-state index in [1.165, 1.54) is 23.9 Å². The van der Waals surface area contributed by atoms with Crippen LogP contribution in [0.3, 0.4) is 0 Å². The zero-order chi connectivity index (χ0) is 17.2. The van der Waals surface area contributed by atoms with Gasteiger partial charge in [0.2, 0.25) is 0 Å². The summed E-state index contributed by atoms with van der Waals surface area (Å²) in [4.78, 5) is 31.7. The molecule has 1 fully saturated rings. The number of nitrogens with one attached hydrogen (secondary N) is 1. The molecule has 1 aliphatic carbocycles.